The summed E-state index contributed by atoms with van der Waals surface area (Å²) in [4.78, 5) is 0. The molecule has 0 radical (unpaired) electrons. The van der Waals surface area contributed by atoms with Crippen LogP contribution in [-0.2, 0) is 0 Å². The van der Waals surface area contributed by atoms with Gasteiger partial charge < -0.3 is 0 Å². The average molecular weight is 265 g/mol. The minimum atomic E-state index is -0.242. The molecule has 0 spiro atoms. The van der Waals surface area contributed by atoms with Crippen LogP contribution in [0.25, 0.3) is 8.79 Å². The predicted octanol–water partition coefficient (Wildman–Crippen LogP) is 1.95. The van der Waals surface area contributed by atoms with E-state index in [2.05, 4.69) is 9.27 Å². The van der Waals surface area contributed by atoms with Crippen molar-refractivity contribution in [2.45, 2.75) is 0 Å². The van der Waals surface area contributed by atoms with E-state index in [0.717, 1.165) is 5.02 Å². The van der Waals surface area contributed by atoms with Crippen LogP contribution in [0.4, 0.5) is 0 Å². The Labute approximate surface area is 73.6 Å². The maximum atomic E-state index is 5.78. The molecule has 0 fully saturated rings. The van der Waals surface area contributed by atoms with Crippen LogP contribution >= 0.6 is 11.6 Å². The summed E-state index contributed by atoms with van der Waals surface area (Å²) in [5.74, 6) is 0. The van der Waals surface area contributed by atoms with E-state index >= 15 is 0 Å². The molecular weight excluding hydrogens is 261 g/mol. The first-order chi connectivity index (χ1) is 4.86. The summed E-state index contributed by atoms with van der Waals surface area (Å²) in [6, 6.07) is 5.98. The Bertz CT molecular complexity index is 355. The van der Waals surface area contributed by atoms with Crippen molar-refractivity contribution in [1.29, 1.82) is 0 Å². The predicted molar refractivity (Wildman–Crippen MR) is 43.7 cm³/mol. The molecule has 50 valence electrons. The number of halogens is 1. The van der Waals surface area contributed by atoms with Gasteiger partial charge in [-0.05, 0) is 0 Å². The molecule has 1 nitrogen and oxygen atoms in total. The molecule has 0 aliphatic carbocycles. The van der Waals surface area contributed by atoms with Crippen LogP contribution in [0.1, 0.15) is 0 Å². The number of fused-ring (bicyclic) bond motifs is 1. The summed E-state index contributed by atoms with van der Waals surface area (Å²) in [6.45, 7) is 0. The fourth-order valence-corrected chi connectivity index (χ4v) is 2.81. The number of hydrogen-bond donors (Lipinski definition) is 0. The van der Waals surface area contributed by atoms with Crippen molar-refractivity contribution >= 4 is 41.1 Å². The molecule has 3 heteroatoms. The van der Waals surface area contributed by atoms with Crippen LogP contribution in [0, 0.1) is 0 Å². The van der Waals surface area contributed by atoms with Crippen LogP contribution in [0.2, 0.25) is 5.02 Å². The number of hydrogen-bond acceptors (Lipinski definition) is 1. The van der Waals surface area contributed by atoms with Crippen molar-refractivity contribution in [2.24, 2.45) is 0 Å². The van der Waals surface area contributed by atoms with Crippen molar-refractivity contribution in [2.75, 3.05) is 0 Å². The first-order valence-corrected chi connectivity index (χ1v) is 5.45. The molecule has 0 atom stereocenters. The normalized spacial score (nSPS) is 10.5. The first-order valence-electron chi connectivity index (χ1n) is 2.86. The van der Waals surface area contributed by atoms with Crippen LogP contribution < -0.4 is 0 Å². The number of nitrogens with zero attached hydrogens (tertiary/aromatic N) is 1. The molecule has 10 heavy (non-hydrogen) atoms. The van der Waals surface area contributed by atoms with Crippen molar-refractivity contribution in [3.05, 3.63) is 29.4 Å². The first kappa shape index (κ1) is 6.67. The van der Waals surface area contributed by atoms with E-state index in [1.54, 1.807) is 0 Å². The van der Waals surface area contributed by atoms with Gasteiger partial charge in [-0.15, -0.1) is 0 Å². The Morgan fingerprint density at radius 3 is 3.20 bits per heavy atom. The molecule has 1 heterocycles. The molecule has 1 aromatic carbocycles. The molecule has 2 rings (SSSR count). The van der Waals surface area contributed by atoms with Crippen molar-refractivity contribution in [1.82, 2.24) is 3.21 Å². The van der Waals surface area contributed by atoms with E-state index in [-0.39, 0.29) is 20.7 Å². The fourth-order valence-electron chi connectivity index (χ4n) is 0.843. The monoisotopic (exact) mass is 267 g/mol. The van der Waals surface area contributed by atoms with Gasteiger partial charge in [0.1, 0.15) is 0 Å². The van der Waals surface area contributed by atoms with Gasteiger partial charge >= 0.3 is 73.7 Å². The van der Waals surface area contributed by atoms with Gasteiger partial charge in [0.05, 0.1) is 0 Å². The van der Waals surface area contributed by atoms with Gasteiger partial charge in [0.15, 0.2) is 0 Å². The molecule has 0 amide bonds. The summed E-state index contributed by atoms with van der Waals surface area (Å²) in [6.07, 6.45) is 1.92. The fraction of sp³-hybridized carbons (Fsp3) is 0. The zero-order chi connectivity index (χ0) is 6.97. The zero-order valence-electron chi connectivity index (χ0n) is 5.04. The van der Waals surface area contributed by atoms with E-state index < -0.39 is 0 Å². The summed E-state index contributed by atoms with van der Waals surface area (Å²) >= 11 is 5.53. The maximum absolute atomic E-state index is 5.78. The number of aromatic nitrogens is 1. The second kappa shape index (κ2) is 2.54. The quantitative estimate of drug-likeness (QED) is 0.663. The Balaban J connectivity index is 2.86. The van der Waals surface area contributed by atoms with Gasteiger partial charge in [0.2, 0.25) is 0 Å². The molecule has 0 unspecified atom stereocenters. The van der Waals surface area contributed by atoms with Crippen molar-refractivity contribution in [3.8, 4) is 0 Å². The molecule has 1 aromatic heterocycles. The number of benzene rings is 1. The molecular formula is C7H4ClNTe. The Hall–Kier alpha value is -0.0304. The second-order valence-electron chi connectivity index (χ2n) is 2.01. The Morgan fingerprint density at radius 2 is 2.30 bits per heavy atom. The van der Waals surface area contributed by atoms with Crippen LogP contribution in [0.15, 0.2) is 24.4 Å². The van der Waals surface area contributed by atoms with Crippen LogP contribution in [-0.4, -0.2) is 23.9 Å². The van der Waals surface area contributed by atoms with E-state index in [4.69, 9.17) is 11.6 Å². The molecule has 0 bridgehead atoms. The Kier molecular flexibility index (Phi) is 1.69. The van der Waals surface area contributed by atoms with Gasteiger partial charge in [0.25, 0.3) is 0 Å². The summed E-state index contributed by atoms with van der Waals surface area (Å²) in [5.41, 5.74) is 0. The van der Waals surface area contributed by atoms with E-state index in [9.17, 15) is 0 Å². The van der Waals surface area contributed by atoms with Gasteiger partial charge in [-0.2, -0.15) is 0 Å². The molecule has 0 N–H and O–H groups in total. The SMILES string of the molecule is Clc1ccc2[te]ncc2c1. The third kappa shape index (κ3) is 1.08. The summed E-state index contributed by atoms with van der Waals surface area (Å²) < 4.78 is 5.64. The van der Waals surface area contributed by atoms with E-state index in [1.807, 2.05) is 18.3 Å². The second-order valence-corrected chi connectivity index (χ2v) is 4.82. The zero-order valence-corrected chi connectivity index (χ0v) is 8.13. The standard InChI is InChI=1S/C7H4ClNTe/c8-6-1-2-7-5(3-6)4-9-10-7/h1-4H. The van der Waals surface area contributed by atoms with Crippen molar-refractivity contribution in [3.63, 3.8) is 0 Å². The van der Waals surface area contributed by atoms with Gasteiger partial charge in [-0.3, -0.25) is 0 Å². The average Bonchev–Trinajstić information content (AvgIpc) is 2.33. The minimum absolute atomic E-state index is 0.242. The van der Waals surface area contributed by atoms with Gasteiger partial charge in [-0.1, -0.05) is 0 Å². The van der Waals surface area contributed by atoms with E-state index in [0.29, 0.717) is 0 Å². The van der Waals surface area contributed by atoms with Gasteiger partial charge in [0, 0.05) is 0 Å². The summed E-state index contributed by atoms with van der Waals surface area (Å²) in [5, 5.41) is 2.02. The topological polar surface area (TPSA) is 12.9 Å². The van der Waals surface area contributed by atoms with Gasteiger partial charge in [-0.25, -0.2) is 0 Å². The van der Waals surface area contributed by atoms with Crippen LogP contribution in [0.5, 0.6) is 0 Å². The number of rotatable bonds is 0. The molecule has 0 aliphatic rings. The summed E-state index contributed by atoms with van der Waals surface area (Å²) in [7, 11) is 0. The Morgan fingerprint density at radius 1 is 1.40 bits per heavy atom. The third-order valence-electron chi connectivity index (χ3n) is 1.31. The van der Waals surface area contributed by atoms with Crippen LogP contribution in [0.3, 0.4) is 0 Å². The molecule has 0 saturated heterocycles. The van der Waals surface area contributed by atoms with Crippen molar-refractivity contribution < 1.29 is 0 Å². The molecule has 2 aromatic rings. The van der Waals surface area contributed by atoms with E-state index in [1.165, 1.54) is 8.79 Å². The molecule has 0 saturated carbocycles. The molecule has 0 aliphatic heterocycles. The third-order valence-corrected chi connectivity index (χ3v) is 3.77.